The van der Waals surface area contributed by atoms with Gasteiger partial charge in [-0.2, -0.15) is 13.8 Å². The Morgan fingerprint density at radius 1 is 1.29 bits per heavy atom. The first-order valence-electron chi connectivity index (χ1n) is 6.67. The van der Waals surface area contributed by atoms with Crippen molar-refractivity contribution in [2.45, 2.75) is 38.8 Å². The zero-order chi connectivity index (χ0) is 15.5. The van der Waals surface area contributed by atoms with Crippen LogP contribution in [0.4, 0.5) is 8.78 Å². The largest absolute Gasteiger partial charge is 0.434 e. The van der Waals surface area contributed by atoms with Crippen LogP contribution in [0.3, 0.4) is 0 Å². The van der Waals surface area contributed by atoms with Crippen LogP contribution in [0.5, 0.6) is 5.75 Å². The predicted octanol–water partition coefficient (Wildman–Crippen LogP) is 3.31. The van der Waals surface area contributed by atoms with Crippen LogP contribution < -0.4 is 10.5 Å². The summed E-state index contributed by atoms with van der Waals surface area (Å²) < 4.78 is 34.4. The van der Waals surface area contributed by atoms with Crippen LogP contribution in [0.25, 0.3) is 11.5 Å². The second-order valence-electron chi connectivity index (χ2n) is 4.66. The van der Waals surface area contributed by atoms with Crippen LogP contribution in [0, 0.1) is 0 Å². The van der Waals surface area contributed by atoms with Gasteiger partial charge in [-0.1, -0.05) is 31.1 Å². The van der Waals surface area contributed by atoms with E-state index in [1.165, 1.54) is 6.07 Å². The van der Waals surface area contributed by atoms with E-state index in [2.05, 4.69) is 14.9 Å². The molecule has 1 aromatic carbocycles. The number of hydrogen-bond acceptors (Lipinski definition) is 5. The number of aromatic nitrogens is 2. The molecule has 0 aliphatic carbocycles. The third-order valence-electron chi connectivity index (χ3n) is 3.47. The third kappa shape index (κ3) is 3.18. The molecule has 21 heavy (non-hydrogen) atoms. The lowest BCUT2D eigenvalue weighted by atomic mass is 9.93. The van der Waals surface area contributed by atoms with Crippen molar-refractivity contribution in [1.29, 1.82) is 0 Å². The number of alkyl halides is 2. The van der Waals surface area contributed by atoms with Crippen LogP contribution in [-0.4, -0.2) is 16.8 Å². The van der Waals surface area contributed by atoms with Crippen LogP contribution >= 0.6 is 0 Å². The van der Waals surface area contributed by atoms with Gasteiger partial charge in [0.25, 0.3) is 5.89 Å². The van der Waals surface area contributed by atoms with E-state index in [0.29, 0.717) is 24.2 Å². The van der Waals surface area contributed by atoms with Gasteiger partial charge in [-0.3, -0.25) is 0 Å². The van der Waals surface area contributed by atoms with Crippen molar-refractivity contribution < 1.29 is 18.0 Å². The van der Waals surface area contributed by atoms with E-state index in [4.69, 9.17) is 10.3 Å². The van der Waals surface area contributed by atoms with Crippen molar-refractivity contribution in [3.63, 3.8) is 0 Å². The van der Waals surface area contributed by atoms with Crippen molar-refractivity contribution in [3.05, 3.63) is 30.1 Å². The molecule has 1 heterocycles. The molecular formula is C14H17F2N3O2. The number of rotatable bonds is 6. The van der Waals surface area contributed by atoms with E-state index in [1.54, 1.807) is 18.2 Å². The van der Waals surface area contributed by atoms with E-state index < -0.39 is 12.2 Å². The molecule has 0 amide bonds. The molecule has 0 atom stereocenters. The van der Waals surface area contributed by atoms with Gasteiger partial charge < -0.3 is 15.0 Å². The fourth-order valence-electron chi connectivity index (χ4n) is 1.94. The quantitative estimate of drug-likeness (QED) is 0.885. The summed E-state index contributed by atoms with van der Waals surface area (Å²) in [5, 5.41) is 3.87. The van der Waals surface area contributed by atoms with Gasteiger partial charge in [0.05, 0.1) is 11.1 Å². The Morgan fingerprint density at radius 2 is 1.95 bits per heavy atom. The molecule has 2 N–H and O–H groups in total. The second kappa shape index (κ2) is 6.17. The van der Waals surface area contributed by atoms with E-state index in [1.807, 2.05) is 13.8 Å². The Bertz CT molecular complexity index is 597. The van der Waals surface area contributed by atoms with E-state index in [9.17, 15) is 8.78 Å². The van der Waals surface area contributed by atoms with Crippen molar-refractivity contribution >= 4 is 0 Å². The van der Waals surface area contributed by atoms with Gasteiger partial charge in [-0.15, -0.1) is 0 Å². The molecule has 0 fully saturated rings. The van der Waals surface area contributed by atoms with Gasteiger partial charge >= 0.3 is 6.61 Å². The minimum absolute atomic E-state index is 0.0154. The van der Waals surface area contributed by atoms with Gasteiger partial charge in [-0.05, 0) is 25.0 Å². The molecule has 0 spiro atoms. The molecule has 1 aromatic heterocycles. The highest BCUT2D eigenvalue weighted by molar-refractivity contribution is 5.62. The highest BCUT2D eigenvalue weighted by Gasteiger charge is 2.29. The SMILES string of the molecule is CCC(N)(CC)c1noc(-c2ccccc2OC(F)F)n1. The van der Waals surface area contributed by atoms with Gasteiger partial charge in [0.1, 0.15) is 5.75 Å². The average Bonchev–Trinajstić information content (AvgIpc) is 2.96. The topological polar surface area (TPSA) is 74.2 Å². The fraction of sp³-hybridized carbons (Fsp3) is 0.429. The number of hydrogen-bond donors (Lipinski definition) is 1. The predicted molar refractivity (Wildman–Crippen MR) is 72.8 cm³/mol. The van der Waals surface area contributed by atoms with E-state index in [0.717, 1.165) is 0 Å². The van der Waals surface area contributed by atoms with Crippen molar-refractivity contribution in [1.82, 2.24) is 10.1 Å². The van der Waals surface area contributed by atoms with E-state index >= 15 is 0 Å². The molecular weight excluding hydrogens is 280 g/mol. The molecule has 2 aromatic rings. The first-order chi connectivity index (χ1) is 10.00. The molecule has 0 aliphatic heterocycles. The maximum Gasteiger partial charge on any atom is 0.387 e. The first-order valence-corrected chi connectivity index (χ1v) is 6.67. The number of halogens is 2. The van der Waals surface area contributed by atoms with Crippen LogP contribution in [0.15, 0.2) is 28.8 Å². The second-order valence-corrected chi connectivity index (χ2v) is 4.66. The fourth-order valence-corrected chi connectivity index (χ4v) is 1.94. The zero-order valence-corrected chi connectivity index (χ0v) is 11.8. The Labute approximate surface area is 121 Å². The summed E-state index contributed by atoms with van der Waals surface area (Å²) in [6.45, 7) is 0.925. The molecule has 0 saturated carbocycles. The van der Waals surface area contributed by atoms with Crippen LogP contribution in [-0.2, 0) is 5.54 Å². The molecule has 7 heteroatoms. The Hall–Kier alpha value is -2.02. The molecule has 0 aliphatic rings. The Kier molecular flexibility index (Phi) is 4.52. The molecule has 0 radical (unpaired) electrons. The van der Waals surface area contributed by atoms with Crippen molar-refractivity contribution in [2.75, 3.05) is 0 Å². The lowest BCUT2D eigenvalue weighted by molar-refractivity contribution is -0.0495. The van der Waals surface area contributed by atoms with Crippen LogP contribution in [0.2, 0.25) is 0 Å². The first kappa shape index (κ1) is 15.4. The van der Waals surface area contributed by atoms with Crippen molar-refractivity contribution in [2.24, 2.45) is 5.73 Å². The zero-order valence-electron chi connectivity index (χ0n) is 11.8. The molecule has 0 bridgehead atoms. The number of nitrogens with zero attached hydrogens (tertiary/aromatic N) is 2. The minimum Gasteiger partial charge on any atom is -0.434 e. The van der Waals surface area contributed by atoms with E-state index in [-0.39, 0.29) is 11.6 Å². The third-order valence-corrected chi connectivity index (χ3v) is 3.47. The summed E-state index contributed by atoms with van der Waals surface area (Å²) in [5.74, 6) is 0.450. The molecule has 0 saturated heterocycles. The lowest BCUT2D eigenvalue weighted by Gasteiger charge is -2.21. The van der Waals surface area contributed by atoms with Gasteiger partial charge in [0.2, 0.25) is 0 Å². The monoisotopic (exact) mass is 297 g/mol. The Balaban J connectivity index is 2.38. The molecule has 114 valence electrons. The van der Waals surface area contributed by atoms with Gasteiger partial charge in [0.15, 0.2) is 5.82 Å². The number of ether oxygens (including phenoxy) is 1. The maximum atomic E-state index is 12.4. The number of para-hydroxylation sites is 1. The summed E-state index contributed by atoms with van der Waals surface area (Å²) in [4.78, 5) is 4.23. The number of benzene rings is 1. The standard InChI is InChI=1S/C14H17F2N3O2/c1-3-14(17,4-2)12-18-11(21-19-12)9-7-5-6-8-10(9)20-13(15)16/h5-8,13H,3-4,17H2,1-2H3. The maximum absolute atomic E-state index is 12.4. The highest BCUT2D eigenvalue weighted by atomic mass is 19.3. The molecule has 5 nitrogen and oxygen atoms in total. The summed E-state index contributed by atoms with van der Waals surface area (Å²) in [5.41, 5.74) is 5.81. The summed E-state index contributed by atoms with van der Waals surface area (Å²) in [6.07, 6.45) is 1.27. The van der Waals surface area contributed by atoms with Crippen molar-refractivity contribution in [3.8, 4) is 17.2 Å². The highest BCUT2D eigenvalue weighted by Crippen LogP contribution is 2.31. The Morgan fingerprint density at radius 3 is 2.57 bits per heavy atom. The average molecular weight is 297 g/mol. The van der Waals surface area contributed by atoms with Crippen LogP contribution in [0.1, 0.15) is 32.5 Å². The summed E-state index contributed by atoms with van der Waals surface area (Å²) >= 11 is 0. The lowest BCUT2D eigenvalue weighted by Crippen LogP contribution is -2.36. The smallest absolute Gasteiger partial charge is 0.387 e. The normalized spacial score (nSPS) is 11.9. The van der Waals surface area contributed by atoms with Gasteiger partial charge in [0, 0.05) is 0 Å². The minimum atomic E-state index is -2.92. The number of nitrogens with two attached hydrogens (primary N) is 1. The molecule has 0 unspecified atom stereocenters. The summed E-state index contributed by atoms with van der Waals surface area (Å²) in [6, 6.07) is 6.25. The summed E-state index contributed by atoms with van der Waals surface area (Å²) in [7, 11) is 0. The van der Waals surface area contributed by atoms with Gasteiger partial charge in [-0.25, -0.2) is 0 Å². The molecule has 2 rings (SSSR count).